The number of hydrogen-bond donors (Lipinski definition) is 1. The molecule has 0 spiro atoms. The van der Waals surface area contributed by atoms with Gasteiger partial charge in [0.15, 0.2) is 0 Å². The molecular weight excluding hydrogens is 230 g/mol. The zero-order chi connectivity index (χ0) is 9.42. The standard InChI is InChI=1S/C9H10BrN3/c1-6-2-7(10)4-13-5-8(3-11)12-9(6)13/h2,4-5H,3,11H2,1H3. The van der Waals surface area contributed by atoms with Crippen molar-refractivity contribution in [2.45, 2.75) is 13.5 Å². The molecule has 0 amide bonds. The normalized spacial score (nSPS) is 11.0. The summed E-state index contributed by atoms with van der Waals surface area (Å²) in [6.45, 7) is 2.52. The maximum absolute atomic E-state index is 5.51. The molecule has 0 radical (unpaired) electrons. The summed E-state index contributed by atoms with van der Waals surface area (Å²) in [5.74, 6) is 0. The second-order valence-corrected chi connectivity index (χ2v) is 3.92. The van der Waals surface area contributed by atoms with Crippen LogP contribution in [0.5, 0.6) is 0 Å². The van der Waals surface area contributed by atoms with E-state index >= 15 is 0 Å². The maximum atomic E-state index is 5.51. The number of fused-ring (bicyclic) bond motifs is 1. The molecule has 0 fully saturated rings. The number of hydrogen-bond acceptors (Lipinski definition) is 2. The quantitative estimate of drug-likeness (QED) is 0.826. The molecule has 13 heavy (non-hydrogen) atoms. The van der Waals surface area contributed by atoms with Gasteiger partial charge >= 0.3 is 0 Å². The largest absolute Gasteiger partial charge is 0.325 e. The molecule has 2 rings (SSSR count). The van der Waals surface area contributed by atoms with E-state index in [1.807, 2.05) is 29.8 Å². The first-order valence-electron chi connectivity index (χ1n) is 4.04. The van der Waals surface area contributed by atoms with Crippen LogP contribution >= 0.6 is 15.9 Å². The van der Waals surface area contributed by atoms with E-state index in [0.717, 1.165) is 21.4 Å². The number of pyridine rings is 1. The van der Waals surface area contributed by atoms with Gasteiger partial charge in [0.25, 0.3) is 0 Å². The Bertz CT molecular complexity index is 447. The van der Waals surface area contributed by atoms with Crippen molar-refractivity contribution >= 4 is 21.6 Å². The van der Waals surface area contributed by atoms with Gasteiger partial charge < -0.3 is 10.1 Å². The molecule has 3 nitrogen and oxygen atoms in total. The van der Waals surface area contributed by atoms with E-state index in [-0.39, 0.29) is 0 Å². The molecule has 0 bridgehead atoms. The van der Waals surface area contributed by atoms with E-state index in [2.05, 4.69) is 20.9 Å². The van der Waals surface area contributed by atoms with E-state index < -0.39 is 0 Å². The molecular formula is C9H10BrN3. The monoisotopic (exact) mass is 239 g/mol. The Morgan fingerprint density at radius 3 is 3.00 bits per heavy atom. The van der Waals surface area contributed by atoms with Crippen molar-refractivity contribution in [2.24, 2.45) is 5.73 Å². The van der Waals surface area contributed by atoms with Crippen LogP contribution in [0.4, 0.5) is 0 Å². The number of halogens is 1. The average Bonchev–Trinajstić information content (AvgIpc) is 2.47. The summed E-state index contributed by atoms with van der Waals surface area (Å²) < 4.78 is 3.04. The molecule has 68 valence electrons. The Hall–Kier alpha value is -0.870. The second-order valence-electron chi connectivity index (χ2n) is 3.01. The van der Waals surface area contributed by atoms with Crippen LogP contribution < -0.4 is 5.73 Å². The number of imidazole rings is 1. The molecule has 0 atom stereocenters. The Balaban J connectivity index is 2.75. The number of nitrogens with two attached hydrogens (primary N) is 1. The van der Waals surface area contributed by atoms with Gasteiger partial charge in [-0.3, -0.25) is 0 Å². The Labute approximate surface area is 84.7 Å². The smallest absolute Gasteiger partial charge is 0.140 e. The van der Waals surface area contributed by atoms with Crippen LogP contribution in [0.2, 0.25) is 0 Å². The van der Waals surface area contributed by atoms with Crippen molar-refractivity contribution in [1.82, 2.24) is 9.38 Å². The fourth-order valence-corrected chi connectivity index (χ4v) is 1.94. The number of aromatic nitrogens is 2. The van der Waals surface area contributed by atoms with Crippen LogP contribution in [0, 0.1) is 6.92 Å². The van der Waals surface area contributed by atoms with Crippen LogP contribution in [0.15, 0.2) is 22.9 Å². The molecule has 2 aromatic heterocycles. The predicted molar refractivity (Wildman–Crippen MR) is 55.5 cm³/mol. The van der Waals surface area contributed by atoms with E-state index in [4.69, 9.17) is 5.73 Å². The highest BCUT2D eigenvalue weighted by Gasteiger charge is 2.03. The molecule has 0 aliphatic carbocycles. The van der Waals surface area contributed by atoms with Gasteiger partial charge in [0.1, 0.15) is 5.65 Å². The SMILES string of the molecule is Cc1cc(Br)cn2cc(CN)nc12. The molecule has 0 saturated heterocycles. The minimum atomic E-state index is 0.485. The van der Waals surface area contributed by atoms with Crippen molar-refractivity contribution in [2.75, 3.05) is 0 Å². The number of rotatable bonds is 1. The molecule has 4 heteroatoms. The molecule has 2 aromatic rings. The fourth-order valence-electron chi connectivity index (χ4n) is 1.37. The summed E-state index contributed by atoms with van der Waals surface area (Å²) in [4.78, 5) is 4.39. The fraction of sp³-hybridized carbons (Fsp3) is 0.222. The summed E-state index contributed by atoms with van der Waals surface area (Å²) in [5.41, 5.74) is 8.55. The van der Waals surface area contributed by atoms with Crippen molar-refractivity contribution in [3.63, 3.8) is 0 Å². The van der Waals surface area contributed by atoms with Gasteiger partial charge in [-0.25, -0.2) is 4.98 Å². The van der Waals surface area contributed by atoms with E-state index in [1.165, 1.54) is 0 Å². The van der Waals surface area contributed by atoms with Crippen LogP contribution in [-0.4, -0.2) is 9.38 Å². The van der Waals surface area contributed by atoms with Crippen LogP contribution in [-0.2, 0) is 6.54 Å². The molecule has 2 heterocycles. The molecule has 0 saturated carbocycles. The van der Waals surface area contributed by atoms with E-state index in [9.17, 15) is 0 Å². The third kappa shape index (κ3) is 1.47. The van der Waals surface area contributed by atoms with Crippen LogP contribution in [0.1, 0.15) is 11.3 Å². The maximum Gasteiger partial charge on any atom is 0.140 e. The van der Waals surface area contributed by atoms with E-state index in [0.29, 0.717) is 6.54 Å². The number of aryl methyl sites for hydroxylation is 1. The first-order chi connectivity index (χ1) is 6.20. The van der Waals surface area contributed by atoms with Crippen molar-refractivity contribution in [3.8, 4) is 0 Å². The third-order valence-corrected chi connectivity index (χ3v) is 2.39. The Kier molecular flexibility index (Phi) is 2.09. The molecule has 0 aliphatic heterocycles. The van der Waals surface area contributed by atoms with Crippen molar-refractivity contribution < 1.29 is 0 Å². The highest BCUT2D eigenvalue weighted by molar-refractivity contribution is 9.10. The first-order valence-corrected chi connectivity index (χ1v) is 4.84. The Morgan fingerprint density at radius 2 is 2.31 bits per heavy atom. The van der Waals surface area contributed by atoms with Gasteiger partial charge in [0.05, 0.1) is 5.69 Å². The molecule has 0 aromatic carbocycles. The Morgan fingerprint density at radius 1 is 1.54 bits per heavy atom. The first kappa shape index (κ1) is 8.72. The summed E-state index contributed by atoms with van der Waals surface area (Å²) in [7, 11) is 0. The lowest BCUT2D eigenvalue weighted by Gasteiger charge is -1.97. The molecule has 0 unspecified atom stereocenters. The molecule has 0 aliphatic rings. The van der Waals surface area contributed by atoms with Crippen molar-refractivity contribution in [3.05, 3.63) is 34.2 Å². The van der Waals surface area contributed by atoms with Gasteiger partial charge in [-0.2, -0.15) is 0 Å². The van der Waals surface area contributed by atoms with E-state index in [1.54, 1.807) is 0 Å². The summed E-state index contributed by atoms with van der Waals surface area (Å²) in [6, 6.07) is 2.04. The van der Waals surface area contributed by atoms with Crippen molar-refractivity contribution in [1.29, 1.82) is 0 Å². The summed E-state index contributed by atoms with van der Waals surface area (Å²) in [5, 5.41) is 0. The lowest BCUT2D eigenvalue weighted by atomic mass is 10.3. The minimum Gasteiger partial charge on any atom is -0.325 e. The summed E-state index contributed by atoms with van der Waals surface area (Å²) in [6.07, 6.45) is 3.93. The van der Waals surface area contributed by atoms with Crippen LogP contribution in [0.25, 0.3) is 5.65 Å². The minimum absolute atomic E-state index is 0.485. The zero-order valence-electron chi connectivity index (χ0n) is 7.29. The zero-order valence-corrected chi connectivity index (χ0v) is 8.87. The topological polar surface area (TPSA) is 43.3 Å². The third-order valence-electron chi connectivity index (χ3n) is 1.96. The highest BCUT2D eigenvalue weighted by atomic mass is 79.9. The van der Waals surface area contributed by atoms with Gasteiger partial charge in [-0.1, -0.05) is 0 Å². The van der Waals surface area contributed by atoms with Gasteiger partial charge in [-0.15, -0.1) is 0 Å². The number of nitrogens with zero attached hydrogens (tertiary/aromatic N) is 2. The summed E-state index contributed by atoms with van der Waals surface area (Å²) >= 11 is 3.43. The molecule has 2 N–H and O–H groups in total. The lowest BCUT2D eigenvalue weighted by molar-refractivity contribution is 1.01. The van der Waals surface area contributed by atoms with Gasteiger partial charge in [-0.05, 0) is 34.5 Å². The lowest BCUT2D eigenvalue weighted by Crippen LogP contribution is -1.95. The second kappa shape index (κ2) is 3.12. The highest BCUT2D eigenvalue weighted by Crippen LogP contribution is 2.16. The van der Waals surface area contributed by atoms with Gasteiger partial charge in [0.2, 0.25) is 0 Å². The van der Waals surface area contributed by atoms with Gasteiger partial charge in [0, 0.05) is 23.4 Å². The predicted octanol–water partition coefficient (Wildman–Crippen LogP) is 1.86. The van der Waals surface area contributed by atoms with Crippen LogP contribution in [0.3, 0.4) is 0 Å². The average molecular weight is 240 g/mol.